The second-order valence-electron chi connectivity index (χ2n) is 3.26. The molecule has 17 heavy (non-hydrogen) atoms. The minimum absolute atomic E-state index is 0.0115. The summed E-state index contributed by atoms with van der Waals surface area (Å²) in [5.74, 6) is -0.683. The molecule has 2 heterocycles. The fraction of sp³-hybridized carbons (Fsp3) is 0.100. The molecule has 0 aliphatic heterocycles. The minimum atomic E-state index is -1.09. The number of nitrogens with one attached hydrogen (secondary N) is 1. The van der Waals surface area contributed by atoms with Gasteiger partial charge in [0.1, 0.15) is 5.82 Å². The van der Waals surface area contributed by atoms with Crippen LogP contribution >= 0.6 is 22.9 Å². The number of anilines is 2. The molecule has 0 saturated carbocycles. The predicted octanol–water partition coefficient (Wildman–Crippen LogP) is 2.94. The molecule has 0 bridgehead atoms. The van der Waals surface area contributed by atoms with Gasteiger partial charge >= 0.3 is 5.97 Å². The largest absolute Gasteiger partial charge is 0.478 e. The van der Waals surface area contributed by atoms with Crippen molar-refractivity contribution in [3.63, 3.8) is 0 Å². The van der Waals surface area contributed by atoms with Crippen molar-refractivity contribution in [2.45, 2.75) is 6.92 Å². The molecule has 2 aromatic rings. The number of rotatable bonds is 3. The molecule has 0 aliphatic rings. The maximum atomic E-state index is 10.9. The third-order valence-electron chi connectivity index (χ3n) is 1.94. The first-order valence-corrected chi connectivity index (χ1v) is 5.84. The summed E-state index contributed by atoms with van der Waals surface area (Å²) >= 11 is 7.17. The van der Waals surface area contributed by atoms with Crippen LogP contribution in [0.5, 0.6) is 0 Å². The first-order valence-electron chi connectivity index (χ1n) is 4.64. The van der Waals surface area contributed by atoms with Gasteiger partial charge in [0.2, 0.25) is 0 Å². The Morgan fingerprint density at radius 1 is 1.47 bits per heavy atom. The fourth-order valence-corrected chi connectivity index (χ4v) is 2.05. The predicted molar refractivity (Wildman–Crippen MR) is 66.3 cm³/mol. The lowest BCUT2D eigenvalue weighted by atomic mass is 10.2. The van der Waals surface area contributed by atoms with Gasteiger partial charge in [-0.3, -0.25) is 0 Å². The zero-order valence-corrected chi connectivity index (χ0v) is 10.3. The molecule has 0 unspecified atom stereocenters. The Morgan fingerprint density at radius 2 is 2.24 bits per heavy atom. The molecule has 2 aromatic heterocycles. The van der Waals surface area contributed by atoms with Crippen LogP contribution in [0.25, 0.3) is 0 Å². The Labute approximate surface area is 106 Å². The van der Waals surface area contributed by atoms with E-state index in [1.807, 2.05) is 6.92 Å². The molecule has 0 amide bonds. The van der Waals surface area contributed by atoms with Crippen molar-refractivity contribution in [3.8, 4) is 0 Å². The van der Waals surface area contributed by atoms with Crippen molar-refractivity contribution >= 4 is 39.9 Å². The monoisotopic (exact) mass is 269 g/mol. The lowest BCUT2D eigenvalue weighted by Crippen LogP contribution is -2.01. The molecular formula is C10H8ClN3O2S. The topological polar surface area (TPSA) is 75.1 Å². The van der Waals surface area contributed by atoms with Crippen LogP contribution in [0.4, 0.5) is 10.9 Å². The van der Waals surface area contributed by atoms with Gasteiger partial charge in [-0.05, 0) is 13.0 Å². The van der Waals surface area contributed by atoms with E-state index >= 15 is 0 Å². The van der Waals surface area contributed by atoms with Crippen molar-refractivity contribution in [2.24, 2.45) is 0 Å². The normalized spacial score (nSPS) is 10.2. The number of aryl methyl sites for hydroxylation is 1. The number of halogens is 1. The number of aromatic nitrogens is 2. The van der Waals surface area contributed by atoms with E-state index in [4.69, 9.17) is 16.7 Å². The molecule has 88 valence electrons. The summed E-state index contributed by atoms with van der Waals surface area (Å²) in [5.41, 5.74) is 0.0115. The van der Waals surface area contributed by atoms with Crippen LogP contribution in [0.2, 0.25) is 5.02 Å². The quantitative estimate of drug-likeness (QED) is 0.896. The zero-order valence-electron chi connectivity index (χ0n) is 8.77. The average Bonchev–Trinajstić information content (AvgIpc) is 2.66. The van der Waals surface area contributed by atoms with Crippen LogP contribution < -0.4 is 5.32 Å². The van der Waals surface area contributed by atoms with Gasteiger partial charge in [0.15, 0.2) is 5.13 Å². The highest BCUT2D eigenvalue weighted by Crippen LogP contribution is 2.23. The van der Waals surface area contributed by atoms with E-state index in [0.717, 1.165) is 4.88 Å². The van der Waals surface area contributed by atoms with E-state index < -0.39 is 5.97 Å². The fourth-order valence-electron chi connectivity index (χ4n) is 1.19. The number of carboxylic acids is 1. The summed E-state index contributed by atoms with van der Waals surface area (Å²) in [7, 11) is 0. The van der Waals surface area contributed by atoms with Crippen LogP contribution in [0.1, 0.15) is 15.2 Å². The first-order chi connectivity index (χ1) is 8.06. The van der Waals surface area contributed by atoms with E-state index in [1.165, 1.54) is 23.6 Å². The molecule has 5 nitrogen and oxygen atoms in total. The maximum Gasteiger partial charge on any atom is 0.337 e. The van der Waals surface area contributed by atoms with Crippen molar-refractivity contribution in [1.29, 1.82) is 0 Å². The molecule has 7 heteroatoms. The Bertz CT molecular complexity index is 570. The summed E-state index contributed by atoms with van der Waals surface area (Å²) in [6.45, 7) is 1.93. The number of carboxylic acid groups (broad SMARTS) is 1. The standard InChI is InChI=1S/C10H8ClN3O2S/c1-5-3-13-10(17-5)14-8-2-6(9(15)16)7(11)4-12-8/h2-4H,1H3,(H,15,16)(H,12,13,14). The second-order valence-corrected chi connectivity index (χ2v) is 4.90. The van der Waals surface area contributed by atoms with E-state index in [9.17, 15) is 4.79 Å². The van der Waals surface area contributed by atoms with Crippen LogP contribution in [0, 0.1) is 6.92 Å². The Kier molecular flexibility index (Phi) is 3.26. The van der Waals surface area contributed by atoms with E-state index in [2.05, 4.69) is 15.3 Å². The number of thiazole rings is 1. The smallest absolute Gasteiger partial charge is 0.337 e. The SMILES string of the molecule is Cc1cnc(Nc2cc(C(=O)O)c(Cl)cn2)s1. The lowest BCUT2D eigenvalue weighted by molar-refractivity contribution is 0.0697. The van der Waals surface area contributed by atoms with Crippen molar-refractivity contribution in [2.75, 3.05) is 5.32 Å². The molecule has 0 aromatic carbocycles. The third kappa shape index (κ3) is 2.72. The summed E-state index contributed by atoms with van der Waals surface area (Å²) in [6, 6.07) is 1.38. The van der Waals surface area contributed by atoms with Gasteiger partial charge < -0.3 is 10.4 Å². The molecule has 2 N–H and O–H groups in total. The van der Waals surface area contributed by atoms with Crippen LogP contribution in [-0.4, -0.2) is 21.0 Å². The molecule has 0 aliphatic carbocycles. The highest BCUT2D eigenvalue weighted by Gasteiger charge is 2.11. The lowest BCUT2D eigenvalue weighted by Gasteiger charge is -2.03. The van der Waals surface area contributed by atoms with Gasteiger partial charge in [-0.2, -0.15) is 0 Å². The number of hydrogen-bond acceptors (Lipinski definition) is 5. The first kappa shape index (κ1) is 11.8. The molecule has 0 atom stereocenters. The summed E-state index contributed by atoms with van der Waals surface area (Å²) in [5, 5.41) is 12.6. The van der Waals surface area contributed by atoms with Gasteiger partial charge in [0.25, 0.3) is 0 Å². The number of pyridine rings is 1. The molecule has 0 saturated heterocycles. The van der Waals surface area contributed by atoms with Crippen LogP contribution in [0.15, 0.2) is 18.5 Å². The Balaban J connectivity index is 2.28. The van der Waals surface area contributed by atoms with Gasteiger partial charge in [0, 0.05) is 17.3 Å². The van der Waals surface area contributed by atoms with E-state index in [-0.39, 0.29) is 10.6 Å². The summed E-state index contributed by atoms with van der Waals surface area (Å²) < 4.78 is 0. The minimum Gasteiger partial charge on any atom is -0.478 e. The van der Waals surface area contributed by atoms with Crippen molar-refractivity contribution < 1.29 is 9.90 Å². The molecule has 0 spiro atoms. The highest BCUT2D eigenvalue weighted by atomic mass is 35.5. The molecule has 0 radical (unpaired) electrons. The van der Waals surface area contributed by atoms with Gasteiger partial charge in [-0.1, -0.05) is 11.6 Å². The van der Waals surface area contributed by atoms with Crippen molar-refractivity contribution in [1.82, 2.24) is 9.97 Å². The molecule has 2 rings (SSSR count). The average molecular weight is 270 g/mol. The Morgan fingerprint density at radius 3 is 2.82 bits per heavy atom. The van der Waals surface area contributed by atoms with E-state index in [1.54, 1.807) is 6.20 Å². The van der Waals surface area contributed by atoms with Gasteiger partial charge in [-0.15, -0.1) is 11.3 Å². The molecule has 0 fully saturated rings. The van der Waals surface area contributed by atoms with Crippen molar-refractivity contribution in [3.05, 3.63) is 33.9 Å². The highest BCUT2D eigenvalue weighted by molar-refractivity contribution is 7.15. The zero-order chi connectivity index (χ0) is 12.4. The van der Waals surface area contributed by atoms with Crippen LogP contribution in [-0.2, 0) is 0 Å². The number of aromatic carboxylic acids is 1. The Hall–Kier alpha value is -1.66. The maximum absolute atomic E-state index is 10.9. The van der Waals surface area contributed by atoms with Gasteiger partial charge in [0.05, 0.1) is 10.6 Å². The summed E-state index contributed by atoms with van der Waals surface area (Å²) in [4.78, 5) is 20.0. The second kappa shape index (κ2) is 4.68. The van der Waals surface area contributed by atoms with Crippen LogP contribution in [0.3, 0.4) is 0 Å². The number of hydrogen-bond donors (Lipinski definition) is 2. The molecular weight excluding hydrogens is 262 g/mol. The van der Waals surface area contributed by atoms with Gasteiger partial charge in [-0.25, -0.2) is 14.8 Å². The van der Waals surface area contributed by atoms with E-state index in [0.29, 0.717) is 10.9 Å². The summed E-state index contributed by atoms with van der Waals surface area (Å²) in [6.07, 6.45) is 3.02. The number of nitrogens with zero attached hydrogens (tertiary/aromatic N) is 2. The third-order valence-corrected chi connectivity index (χ3v) is 3.07. The number of carbonyl (C=O) groups is 1.